The molecular formula is C19H28O7S. The van der Waals surface area contributed by atoms with E-state index >= 15 is 0 Å². The largest absolute Gasteiger partial charge is 0.460 e. The van der Waals surface area contributed by atoms with Crippen molar-refractivity contribution in [2.24, 2.45) is 0 Å². The molecular weight excluding hydrogens is 372 g/mol. The molecule has 7 nitrogen and oxygen atoms in total. The van der Waals surface area contributed by atoms with Gasteiger partial charge in [-0.05, 0) is 26.0 Å². The van der Waals surface area contributed by atoms with Crippen LogP contribution in [0.5, 0.6) is 0 Å². The number of hydrogen-bond donors (Lipinski definition) is 0. The molecule has 0 amide bonds. The molecule has 0 aliphatic carbocycles. The summed E-state index contributed by atoms with van der Waals surface area (Å²) in [7, 11) is -3.63. The van der Waals surface area contributed by atoms with Crippen molar-refractivity contribution >= 4 is 15.8 Å². The molecule has 0 heterocycles. The summed E-state index contributed by atoms with van der Waals surface area (Å²) in [5.41, 5.74) is 0.835. The number of esters is 1. The van der Waals surface area contributed by atoms with Crippen LogP contribution >= 0.6 is 0 Å². The zero-order valence-electron chi connectivity index (χ0n) is 15.9. The number of aryl methyl sites for hydroxylation is 1. The molecule has 0 aliphatic rings. The molecule has 0 saturated carbocycles. The van der Waals surface area contributed by atoms with Gasteiger partial charge in [0.2, 0.25) is 0 Å². The van der Waals surface area contributed by atoms with E-state index in [4.69, 9.17) is 18.9 Å². The molecule has 27 heavy (non-hydrogen) atoms. The van der Waals surface area contributed by atoms with Crippen molar-refractivity contribution in [1.82, 2.24) is 0 Å². The van der Waals surface area contributed by atoms with E-state index in [9.17, 15) is 13.2 Å². The third-order valence-electron chi connectivity index (χ3n) is 3.44. The first-order chi connectivity index (χ1) is 12.9. The Morgan fingerprint density at radius 3 is 2.00 bits per heavy atom. The van der Waals surface area contributed by atoms with Crippen LogP contribution in [0.15, 0.2) is 41.3 Å². The molecule has 1 rings (SSSR count). The fraction of sp³-hybridized carbons (Fsp3) is 0.526. The molecule has 1 aromatic carbocycles. The lowest BCUT2D eigenvalue weighted by Crippen LogP contribution is -2.19. The van der Waals surface area contributed by atoms with E-state index in [1.807, 2.05) is 13.8 Å². The number of rotatable bonds is 14. The van der Waals surface area contributed by atoms with Gasteiger partial charge in [-0.2, -0.15) is 0 Å². The van der Waals surface area contributed by atoms with Gasteiger partial charge < -0.3 is 18.9 Å². The predicted octanol–water partition coefficient (Wildman–Crippen LogP) is 1.94. The molecule has 0 aromatic heterocycles. The zero-order chi connectivity index (χ0) is 20.1. The highest BCUT2D eigenvalue weighted by atomic mass is 32.2. The number of benzene rings is 1. The Hall–Kier alpha value is -1.74. The molecule has 0 saturated heterocycles. The Bertz CT molecular complexity index is 681. The third-order valence-corrected chi connectivity index (χ3v) is 5.16. The topological polar surface area (TPSA) is 88.1 Å². The van der Waals surface area contributed by atoms with Crippen molar-refractivity contribution in [2.45, 2.75) is 18.7 Å². The molecule has 0 N–H and O–H groups in total. The van der Waals surface area contributed by atoms with Crippen LogP contribution in [0.25, 0.3) is 0 Å². The van der Waals surface area contributed by atoms with Crippen molar-refractivity contribution in [3.8, 4) is 0 Å². The molecule has 0 radical (unpaired) electrons. The van der Waals surface area contributed by atoms with Crippen LogP contribution < -0.4 is 0 Å². The third kappa shape index (κ3) is 9.67. The molecule has 0 spiro atoms. The lowest BCUT2D eigenvalue weighted by Gasteiger charge is -2.09. The van der Waals surface area contributed by atoms with Gasteiger partial charge in [-0.25, -0.2) is 13.2 Å². The molecule has 0 bridgehead atoms. The summed E-state index contributed by atoms with van der Waals surface area (Å²) >= 11 is 0. The smallest absolute Gasteiger partial charge is 0.334 e. The highest BCUT2D eigenvalue weighted by Crippen LogP contribution is 2.15. The van der Waals surface area contributed by atoms with Gasteiger partial charge in [0.1, 0.15) is 6.61 Å². The van der Waals surface area contributed by atoms with E-state index in [0.29, 0.717) is 33.0 Å². The van der Waals surface area contributed by atoms with Crippen LogP contribution in [0, 0.1) is 6.92 Å². The van der Waals surface area contributed by atoms with Gasteiger partial charge in [-0.15, -0.1) is 0 Å². The second-order valence-electron chi connectivity index (χ2n) is 5.73. The summed E-state index contributed by atoms with van der Waals surface area (Å²) in [6, 6.07) is 6.42. The predicted molar refractivity (Wildman–Crippen MR) is 101 cm³/mol. The minimum atomic E-state index is -3.63. The summed E-state index contributed by atoms with van der Waals surface area (Å²) in [6.45, 7) is 9.99. The summed E-state index contributed by atoms with van der Waals surface area (Å²) in [5.74, 6) is -1.23. The van der Waals surface area contributed by atoms with Crippen LogP contribution in [0.4, 0.5) is 0 Å². The van der Waals surface area contributed by atoms with Gasteiger partial charge in [0.25, 0.3) is 0 Å². The van der Waals surface area contributed by atoms with Crippen LogP contribution in [0.2, 0.25) is 0 Å². The van der Waals surface area contributed by atoms with E-state index in [-0.39, 0.29) is 23.7 Å². The van der Waals surface area contributed by atoms with Crippen molar-refractivity contribution < 1.29 is 32.2 Å². The Labute approximate surface area is 161 Å². The van der Waals surface area contributed by atoms with Crippen LogP contribution in [0.3, 0.4) is 0 Å². The number of carbonyl (C=O) groups excluding carboxylic acids is 1. The molecule has 1 aromatic rings. The number of sulfone groups is 1. The van der Waals surface area contributed by atoms with E-state index in [0.717, 1.165) is 5.56 Å². The molecule has 0 aliphatic heterocycles. The van der Waals surface area contributed by atoms with Crippen LogP contribution in [0.1, 0.15) is 12.5 Å². The van der Waals surface area contributed by atoms with Crippen LogP contribution in [-0.4, -0.2) is 66.4 Å². The van der Waals surface area contributed by atoms with Crippen molar-refractivity contribution in [3.63, 3.8) is 0 Å². The molecule has 0 atom stereocenters. The maximum Gasteiger partial charge on any atom is 0.334 e. The number of hydrogen-bond acceptors (Lipinski definition) is 7. The lowest BCUT2D eigenvalue weighted by atomic mass is 10.2. The average Bonchev–Trinajstić information content (AvgIpc) is 2.63. The van der Waals surface area contributed by atoms with Crippen molar-refractivity contribution in [3.05, 3.63) is 42.0 Å². The van der Waals surface area contributed by atoms with Gasteiger partial charge in [0, 0.05) is 12.2 Å². The minimum Gasteiger partial charge on any atom is -0.460 e. The minimum absolute atomic E-state index is 0.0153. The van der Waals surface area contributed by atoms with E-state index in [1.54, 1.807) is 12.1 Å². The highest BCUT2D eigenvalue weighted by Gasteiger charge is 2.20. The summed E-state index contributed by atoms with van der Waals surface area (Å²) in [6.07, 6.45) is 0. The van der Waals surface area contributed by atoms with Crippen molar-refractivity contribution in [2.75, 3.05) is 52.0 Å². The fourth-order valence-electron chi connectivity index (χ4n) is 2.00. The summed E-state index contributed by atoms with van der Waals surface area (Å²) in [4.78, 5) is 12.0. The molecule has 0 unspecified atom stereocenters. The monoisotopic (exact) mass is 400 g/mol. The summed E-state index contributed by atoms with van der Waals surface area (Å²) < 4.78 is 45.2. The number of carbonyl (C=O) groups is 1. The quantitative estimate of drug-likeness (QED) is 0.268. The first kappa shape index (κ1) is 23.3. The Morgan fingerprint density at radius 1 is 0.926 bits per heavy atom. The van der Waals surface area contributed by atoms with E-state index in [1.165, 1.54) is 12.1 Å². The maximum atomic E-state index is 12.3. The fourth-order valence-corrected chi connectivity index (χ4v) is 3.29. The van der Waals surface area contributed by atoms with E-state index in [2.05, 4.69) is 6.58 Å². The van der Waals surface area contributed by atoms with Gasteiger partial charge in [0.05, 0.1) is 43.7 Å². The van der Waals surface area contributed by atoms with Gasteiger partial charge in [-0.1, -0.05) is 24.3 Å². The Kier molecular flexibility index (Phi) is 10.9. The van der Waals surface area contributed by atoms with Gasteiger partial charge in [0.15, 0.2) is 9.84 Å². The zero-order valence-corrected chi connectivity index (χ0v) is 16.8. The van der Waals surface area contributed by atoms with Crippen LogP contribution in [-0.2, 0) is 33.6 Å². The molecule has 0 fully saturated rings. The Morgan fingerprint density at radius 2 is 1.44 bits per heavy atom. The highest BCUT2D eigenvalue weighted by molar-refractivity contribution is 7.91. The van der Waals surface area contributed by atoms with Gasteiger partial charge >= 0.3 is 5.97 Å². The van der Waals surface area contributed by atoms with Crippen molar-refractivity contribution in [1.29, 1.82) is 0 Å². The van der Waals surface area contributed by atoms with E-state index < -0.39 is 21.6 Å². The lowest BCUT2D eigenvalue weighted by molar-refractivity contribution is -0.140. The average molecular weight is 400 g/mol. The van der Waals surface area contributed by atoms with Gasteiger partial charge in [-0.3, -0.25) is 0 Å². The number of ether oxygens (including phenoxy) is 4. The Balaban J connectivity index is 2.21. The first-order valence-electron chi connectivity index (χ1n) is 8.74. The molecule has 152 valence electrons. The summed E-state index contributed by atoms with van der Waals surface area (Å²) in [5, 5.41) is 0. The second kappa shape index (κ2) is 12.6. The normalized spacial score (nSPS) is 11.3. The second-order valence-corrected chi connectivity index (χ2v) is 7.72. The standard InChI is InChI=1S/C19H28O7S/c1-4-23-9-10-24-11-12-25-13-14-26-19(20)17(3)15-27(21,22)18-7-5-16(2)6-8-18/h5-8H,3-4,9-15H2,1-2H3. The SMILES string of the molecule is C=C(CS(=O)(=O)c1ccc(C)cc1)C(=O)OCCOCCOCCOCC. The first-order valence-corrected chi connectivity index (χ1v) is 10.4. The maximum absolute atomic E-state index is 12.3. The molecule has 8 heteroatoms.